The van der Waals surface area contributed by atoms with E-state index in [4.69, 9.17) is 0 Å². The molecule has 2 nitrogen and oxygen atoms in total. The van der Waals surface area contributed by atoms with E-state index >= 15 is 0 Å². The van der Waals surface area contributed by atoms with Crippen LogP contribution in [0.3, 0.4) is 0 Å². The molecule has 0 saturated carbocycles. The van der Waals surface area contributed by atoms with E-state index in [-0.39, 0.29) is 32.5 Å². The van der Waals surface area contributed by atoms with E-state index < -0.39 is 23.3 Å². The number of anilines is 2. The molecule has 0 saturated heterocycles. The van der Waals surface area contributed by atoms with Crippen LogP contribution in [-0.4, -0.2) is 26.2 Å². The molecule has 0 aromatic heterocycles. The van der Waals surface area contributed by atoms with Gasteiger partial charge in [0.15, 0.2) is 0 Å². The van der Waals surface area contributed by atoms with Gasteiger partial charge in [0.25, 0.3) is 0 Å². The molecule has 0 radical (unpaired) electrons. The fraction of sp³-hybridized carbons (Fsp3) is 0.583. The molecule has 2 aromatic rings. The van der Waals surface area contributed by atoms with Crippen LogP contribution >= 0.6 is 0 Å². The van der Waals surface area contributed by atoms with Crippen molar-refractivity contribution in [1.82, 2.24) is 0 Å². The molecule has 0 spiro atoms. The van der Waals surface area contributed by atoms with Crippen molar-refractivity contribution in [3.8, 4) is 0 Å². The first-order valence-corrected chi connectivity index (χ1v) is 20.0. The monoisotopic (exact) mass is 798 g/mol. The van der Waals surface area contributed by atoms with E-state index in [1.807, 2.05) is 24.3 Å². The predicted molar refractivity (Wildman–Crippen MR) is 223 cm³/mol. The second-order valence-electron chi connectivity index (χ2n) is 17.3. The molecule has 0 amide bonds. The number of rotatable bonds is 16. The van der Waals surface area contributed by atoms with Crippen molar-refractivity contribution >= 4 is 11.4 Å². The van der Waals surface area contributed by atoms with Crippen molar-refractivity contribution < 1.29 is 39.3 Å². The van der Waals surface area contributed by atoms with Gasteiger partial charge in [-0.25, -0.2) is 41.9 Å². The van der Waals surface area contributed by atoms with E-state index in [1.165, 1.54) is 24.3 Å². The van der Waals surface area contributed by atoms with E-state index in [9.17, 15) is 17.6 Å². The molecule has 0 fully saturated rings. The Labute approximate surface area is 349 Å². The molecule has 2 aliphatic rings. The van der Waals surface area contributed by atoms with Gasteiger partial charge in [0.1, 0.15) is 0 Å². The number of nitrogens with zero attached hydrogens (tertiary/aromatic N) is 2. The van der Waals surface area contributed by atoms with Crippen LogP contribution < -0.4 is 9.80 Å². The van der Waals surface area contributed by atoms with Crippen molar-refractivity contribution in [3.05, 3.63) is 108 Å². The third-order valence-electron chi connectivity index (χ3n) is 9.50. The minimum Gasteiger partial charge on any atom is -0.420 e. The molecule has 2 atom stereocenters. The van der Waals surface area contributed by atoms with Crippen LogP contribution in [0.25, 0.3) is 0 Å². The normalized spacial score (nSPS) is 14.0. The Morgan fingerprint density at radius 2 is 0.945 bits per heavy atom. The average Bonchev–Trinajstić information content (AvgIpc) is 3.84. The van der Waals surface area contributed by atoms with Crippen LogP contribution in [-0.2, 0) is 21.7 Å². The van der Waals surface area contributed by atoms with E-state index in [1.54, 1.807) is 0 Å². The second kappa shape index (κ2) is 27.1. The van der Waals surface area contributed by atoms with Crippen LogP contribution in [0.1, 0.15) is 122 Å². The Morgan fingerprint density at radius 3 is 1.16 bits per heavy atom. The third kappa shape index (κ3) is 23.3. The largest absolute Gasteiger partial charge is 4.00 e. The van der Waals surface area contributed by atoms with Gasteiger partial charge < -0.3 is 9.80 Å². The molecule has 7 heteroatoms. The molecule has 2 unspecified atom stereocenters. The van der Waals surface area contributed by atoms with Gasteiger partial charge in [-0.15, -0.1) is 49.2 Å². The van der Waals surface area contributed by atoms with Crippen LogP contribution in [0.5, 0.6) is 0 Å². The summed E-state index contributed by atoms with van der Waals surface area (Å²) in [5.74, 6) is -0.347. The zero-order chi connectivity index (χ0) is 40.9. The number of halogens is 4. The van der Waals surface area contributed by atoms with Gasteiger partial charge in [-0.2, -0.15) is 12.2 Å². The van der Waals surface area contributed by atoms with Crippen molar-refractivity contribution in [2.24, 2.45) is 34.5 Å². The van der Waals surface area contributed by atoms with E-state index in [0.717, 1.165) is 64.7 Å². The summed E-state index contributed by atoms with van der Waals surface area (Å²) >= 11 is 0. The van der Waals surface area contributed by atoms with Crippen LogP contribution in [0.4, 0.5) is 28.9 Å². The number of allylic oxidation sites excluding steroid dienone is 8. The summed E-state index contributed by atoms with van der Waals surface area (Å²) in [4.78, 5) is 4.11. The predicted octanol–water partition coefficient (Wildman–Crippen LogP) is 14.0. The molecule has 0 bridgehead atoms. The summed E-state index contributed by atoms with van der Waals surface area (Å²) in [6.07, 6.45) is 24.2. The Kier molecular flexibility index (Phi) is 25.9. The molecule has 2 aliphatic carbocycles. The van der Waals surface area contributed by atoms with Crippen molar-refractivity contribution in [2.45, 2.75) is 122 Å². The number of benzene rings is 2. The number of hydrogen-bond donors (Lipinski definition) is 0. The molecule has 0 heterocycles. The van der Waals surface area contributed by atoms with E-state index in [2.05, 4.69) is 129 Å². The van der Waals surface area contributed by atoms with Gasteiger partial charge in [0.2, 0.25) is 0 Å². The minimum atomic E-state index is -0.647. The fourth-order valence-electron chi connectivity index (χ4n) is 6.30. The third-order valence-corrected chi connectivity index (χ3v) is 9.50. The van der Waals surface area contributed by atoms with E-state index in [0.29, 0.717) is 35.0 Å². The quantitative estimate of drug-likeness (QED) is 0.0948. The smallest absolute Gasteiger partial charge is 0.420 e. The first kappa shape index (κ1) is 52.4. The summed E-state index contributed by atoms with van der Waals surface area (Å²) in [6, 6.07) is 9.98. The average molecular weight is 799 g/mol. The van der Waals surface area contributed by atoms with Gasteiger partial charge in [0.05, 0.1) is 0 Å². The van der Waals surface area contributed by atoms with Gasteiger partial charge in [-0.05, 0) is 71.6 Å². The fourth-order valence-corrected chi connectivity index (χ4v) is 6.30. The zero-order valence-corrected chi connectivity index (χ0v) is 37.6. The van der Waals surface area contributed by atoms with Gasteiger partial charge in [0, 0.05) is 49.4 Å². The summed E-state index contributed by atoms with van der Waals surface area (Å²) in [5, 5.41) is 0. The number of hydrogen-bond acceptors (Lipinski definition) is 2. The van der Waals surface area contributed by atoms with Crippen LogP contribution in [0.15, 0.2) is 60.7 Å². The Bertz CT molecular complexity index is 1330. The second-order valence-corrected chi connectivity index (χ2v) is 17.3. The maximum atomic E-state index is 14.2. The zero-order valence-electron chi connectivity index (χ0n) is 36.1. The minimum absolute atomic E-state index is 0. The summed E-state index contributed by atoms with van der Waals surface area (Å²) < 4.78 is 54.6. The molecule has 0 N–H and O–H groups in total. The summed E-state index contributed by atoms with van der Waals surface area (Å²) in [5.41, 5.74) is 1.08. The van der Waals surface area contributed by atoms with Crippen molar-refractivity contribution in [2.75, 3.05) is 36.0 Å². The Hall–Kier alpha value is -2.57. The van der Waals surface area contributed by atoms with Crippen LogP contribution in [0, 0.1) is 82.1 Å². The van der Waals surface area contributed by atoms with Crippen molar-refractivity contribution in [3.63, 3.8) is 0 Å². The van der Waals surface area contributed by atoms with Gasteiger partial charge in [-0.1, -0.05) is 83.1 Å². The molecule has 0 aliphatic heterocycles. The molecular formula is C48H70F4N2Ti. The molecular weight excluding hydrogens is 728 g/mol. The Balaban J connectivity index is 0.000000828. The SMILES string of the molecule is CCC(C)(C)CN(CC(C)CC(C)C)c1ccc(F)[c-]c1F.CCC(C)(C)CN(CC(C)CC(C)C)c1ccc(F)[c-]c1F.[C-]1=CC=CC1.[C-]1=CC=CC1.[Ti+4]. The summed E-state index contributed by atoms with van der Waals surface area (Å²) in [6.45, 7) is 29.2. The maximum Gasteiger partial charge on any atom is 4.00 e. The topological polar surface area (TPSA) is 6.48 Å². The van der Waals surface area contributed by atoms with Gasteiger partial charge in [-0.3, -0.25) is 12.2 Å². The first-order valence-electron chi connectivity index (χ1n) is 20.0. The molecule has 2 aromatic carbocycles. The molecule has 304 valence electrons. The maximum absolute atomic E-state index is 14.2. The summed E-state index contributed by atoms with van der Waals surface area (Å²) in [7, 11) is 0. The first-order chi connectivity index (χ1) is 25.3. The molecule has 55 heavy (non-hydrogen) atoms. The standard InChI is InChI=1S/2C19H30F2N.2C5H5.Ti/c2*1-7-19(5,6)13-22(12-15(4)10-14(2)3)18-9-8-16(20)11-17(18)21;2*1-2-4-5-3-1;/h2*8-9,14-15H,7,10,12-13H2,1-6H3;2*1-3H,4H2;/q4*-1;+4. The Morgan fingerprint density at radius 1 is 0.600 bits per heavy atom. The molecule has 4 rings (SSSR count). The van der Waals surface area contributed by atoms with Crippen LogP contribution in [0.2, 0.25) is 0 Å². The van der Waals surface area contributed by atoms with Gasteiger partial charge >= 0.3 is 21.7 Å². The van der Waals surface area contributed by atoms with Crippen molar-refractivity contribution in [1.29, 1.82) is 0 Å².